The minimum atomic E-state index is -3.56. The predicted molar refractivity (Wildman–Crippen MR) is 98.6 cm³/mol. The van der Waals surface area contributed by atoms with E-state index in [1.54, 1.807) is 37.7 Å². The van der Waals surface area contributed by atoms with Crippen LogP contribution in [0.2, 0.25) is 0 Å². The Bertz CT molecular complexity index is 857. The molecule has 1 aromatic heterocycles. The average molecular weight is 380 g/mol. The van der Waals surface area contributed by atoms with Crippen LogP contribution in [0.4, 0.5) is 5.13 Å². The van der Waals surface area contributed by atoms with Crippen LogP contribution in [0, 0.1) is 6.92 Å². The normalized spacial score (nSPS) is 15.9. The molecule has 0 aliphatic carbocycles. The van der Waals surface area contributed by atoms with Crippen LogP contribution in [0.3, 0.4) is 0 Å². The standard InChI is InChI=1S/C17H21N3O3S2/c1-13-6-7-14(25(22,23)20-9-4-3-5-10-20)12-15(13)16(21)19(2)17-18-8-11-24-17/h6-8,11-12H,3-5,9-10H2,1-2H3. The fraction of sp³-hybridized carbons (Fsp3) is 0.412. The first-order chi connectivity index (χ1) is 11.9. The molecule has 0 atom stereocenters. The molecule has 1 aliphatic rings. The van der Waals surface area contributed by atoms with Gasteiger partial charge in [-0.2, -0.15) is 4.31 Å². The van der Waals surface area contributed by atoms with Gasteiger partial charge in [0.05, 0.1) is 4.90 Å². The van der Waals surface area contributed by atoms with E-state index in [0.29, 0.717) is 23.8 Å². The van der Waals surface area contributed by atoms with Gasteiger partial charge in [-0.25, -0.2) is 13.4 Å². The molecule has 1 fully saturated rings. The highest BCUT2D eigenvalue weighted by molar-refractivity contribution is 7.89. The van der Waals surface area contributed by atoms with Crippen molar-refractivity contribution in [2.75, 3.05) is 25.0 Å². The molecule has 2 heterocycles. The Hall–Kier alpha value is -1.77. The molecular formula is C17H21N3O3S2. The molecule has 6 nitrogen and oxygen atoms in total. The summed E-state index contributed by atoms with van der Waals surface area (Å²) in [5.74, 6) is -0.261. The van der Waals surface area contributed by atoms with Gasteiger partial charge in [-0.05, 0) is 37.5 Å². The van der Waals surface area contributed by atoms with E-state index < -0.39 is 10.0 Å². The lowest BCUT2D eigenvalue weighted by Crippen LogP contribution is -2.35. The number of aromatic nitrogens is 1. The summed E-state index contributed by atoms with van der Waals surface area (Å²) in [5, 5.41) is 2.37. The summed E-state index contributed by atoms with van der Waals surface area (Å²) >= 11 is 1.36. The Morgan fingerprint density at radius 3 is 2.60 bits per heavy atom. The third-order valence-electron chi connectivity index (χ3n) is 4.40. The molecule has 0 N–H and O–H groups in total. The van der Waals surface area contributed by atoms with Crippen LogP contribution in [0.1, 0.15) is 35.2 Å². The van der Waals surface area contributed by atoms with Gasteiger partial charge in [0.1, 0.15) is 0 Å². The van der Waals surface area contributed by atoms with Gasteiger partial charge in [-0.1, -0.05) is 12.5 Å². The molecule has 134 valence electrons. The van der Waals surface area contributed by atoms with Gasteiger partial charge in [0, 0.05) is 37.3 Å². The summed E-state index contributed by atoms with van der Waals surface area (Å²) in [7, 11) is -1.92. The van der Waals surface area contributed by atoms with Crippen molar-refractivity contribution >= 4 is 32.4 Å². The largest absolute Gasteiger partial charge is 0.287 e. The lowest BCUT2D eigenvalue weighted by Gasteiger charge is -2.26. The van der Waals surface area contributed by atoms with Gasteiger partial charge >= 0.3 is 0 Å². The maximum Gasteiger partial charge on any atom is 0.260 e. The number of amides is 1. The number of nitrogens with zero attached hydrogens (tertiary/aromatic N) is 3. The fourth-order valence-electron chi connectivity index (χ4n) is 2.90. The minimum absolute atomic E-state index is 0.177. The number of hydrogen-bond acceptors (Lipinski definition) is 5. The monoisotopic (exact) mass is 379 g/mol. The van der Waals surface area contributed by atoms with E-state index in [2.05, 4.69) is 4.98 Å². The first kappa shape index (κ1) is 18.0. The molecule has 2 aromatic rings. The van der Waals surface area contributed by atoms with Gasteiger partial charge in [-0.3, -0.25) is 9.69 Å². The van der Waals surface area contributed by atoms with Crippen LogP contribution in [-0.2, 0) is 10.0 Å². The van der Waals surface area contributed by atoms with Crippen LogP contribution in [-0.4, -0.2) is 43.8 Å². The van der Waals surface area contributed by atoms with E-state index in [1.807, 2.05) is 0 Å². The van der Waals surface area contributed by atoms with E-state index >= 15 is 0 Å². The van der Waals surface area contributed by atoms with Crippen molar-refractivity contribution in [1.29, 1.82) is 0 Å². The van der Waals surface area contributed by atoms with Gasteiger partial charge in [0.15, 0.2) is 5.13 Å². The van der Waals surface area contributed by atoms with Crippen molar-refractivity contribution in [2.24, 2.45) is 0 Å². The lowest BCUT2D eigenvalue weighted by molar-refractivity contribution is 0.0992. The van der Waals surface area contributed by atoms with Crippen LogP contribution in [0.15, 0.2) is 34.7 Å². The number of thiazole rings is 1. The van der Waals surface area contributed by atoms with Crippen LogP contribution in [0.25, 0.3) is 0 Å². The topological polar surface area (TPSA) is 70.6 Å². The number of carbonyl (C=O) groups excluding carboxylic acids is 1. The molecular weight excluding hydrogens is 358 g/mol. The van der Waals surface area contributed by atoms with Gasteiger partial charge in [-0.15, -0.1) is 11.3 Å². The summed E-state index contributed by atoms with van der Waals surface area (Å²) in [4.78, 5) is 18.6. The Morgan fingerprint density at radius 2 is 1.96 bits per heavy atom. The predicted octanol–water partition coefficient (Wildman–Crippen LogP) is 2.90. The number of sulfonamides is 1. The quantitative estimate of drug-likeness (QED) is 0.819. The molecule has 3 rings (SSSR count). The second-order valence-corrected chi connectivity index (χ2v) is 8.93. The van der Waals surface area contributed by atoms with Crippen molar-refractivity contribution in [1.82, 2.24) is 9.29 Å². The Labute approximate surface area is 152 Å². The SMILES string of the molecule is Cc1ccc(S(=O)(=O)N2CCCCC2)cc1C(=O)N(C)c1nccs1. The molecule has 8 heteroatoms. The smallest absolute Gasteiger partial charge is 0.260 e. The van der Waals surface area contributed by atoms with Crippen LogP contribution >= 0.6 is 11.3 Å². The molecule has 0 radical (unpaired) electrons. The molecule has 1 aromatic carbocycles. The van der Waals surface area contributed by atoms with Gasteiger partial charge in [0.2, 0.25) is 10.0 Å². The molecule has 0 unspecified atom stereocenters. The first-order valence-electron chi connectivity index (χ1n) is 8.19. The van der Waals surface area contributed by atoms with Crippen molar-refractivity contribution in [3.05, 3.63) is 40.9 Å². The van der Waals surface area contributed by atoms with Crippen LogP contribution < -0.4 is 4.90 Å². The van der Waals surface area contributed by atoms with Crippen molar-refractivity contribution < 1.29 is 13.2 Å². The zero-order valence-corrected chi connectivity index (χ0v) is 15.9. The third kappa shape index (κ3) is 3.61. The summed E-state index contributed by atoms with van der Waals surface area (Å²) < 4.78 is 27.2. The lowest BCUT2D eigenvalue weighted by atomic mass is 10.1. The average Bonchev–Trinajstić information content (AvgIpc) is 3.16. The number of aryl methyl sites for hydroxylation is 1. The molecule has 1 saturated heterocycles. The van der Waals surface area contributed by atoms with Crippen LogP contribution in [0.5, 0.6) is 0 Å². The van der Waals surface area contributed by atoms with Crippen molar-refractivity contribution in [3.8, 4) is 0 Å². The number of carbonyl (C=O) groups is 1. The highest BCUT2D eigenvalue weighted by atomic mass is 32.2. The summed E-state index contributed by atoms with van der Waals surface area (Å²) in [6.45, 7) is 2.89. The molecule has 0 spiro atoms. The maximum absolute atomic E-state index is 12.9. The fourth-order valence-corrected chi connectivity index (χ4v) is 5.05. The Balaban J connectivity index is 1.94. The molecule has 25 heavy (non-hydrogen) atoms. The maximum atomic E-state index is 12.9. The van der Waals surface area contributed by atoms with Crippen molar-refractivity contribution in [3.63, 3.8) is 0 Å². The highest BCUT2D eigenvalue weighted by Gasteiger charge is 2.27. The first-order valence-corrected chi connectivity index (χ1v) is 10.5. The highest BCUT2D eigenvalue weighted by Crippen LogP contribution is 2.25. The zero-order valence-electron chi connectivity index (χ0n) is 14.3. The number of rotatable bonds is 4. The van der Waals surface area contributed by atoms with E-state index in [9.17, 15) is 13.2 Å². The number of anilines is 1. The summed E-state index contributed by atoms with van der Waals surface area (Å²) in [5.41, 5.74) is 1.13. The molecule has 1 aliphatic heterocycles. The number of piperidine rings is 1. The van der Waals surface area contributed by atoms with E-state index in [1.165, 1.54) is 26.6 Å². The van der Waals surface area contributed by atoms with E-state index in [4.69, 9.17) is 0 Å². The third-order valence-corrected chi connectivity index (χ3v) is 7.15. The second-order valence-electron chi connectivity index (χ2n) is 6.12. The van der Waals surface area contributed by atoms with E-state index in [0.717, 1.165) is 24.8 Å². The van der Waals surface area contributed by atoms with E-state index in [-0.39, 0.29) is 10.8 Å². The van der Waals surface area contributed by atoms with Gasteiger partial charge in [0.25, 0.3) is 5.91 Å². The second kappa shape index (κ2) is 7.23. The number of benzene rings is 1. The molecule has 0 saturated carbocycles. The Morgan fingerprint density at radius 1 is 1.24 bits per heavy atom. The number of hydrogen-bond donors (Lipinski definition) is 0. The minimum Gasteiger partial charge on any atom is -0.287 e. The Kier molecular flexibility index (Phi) is 5.21. The summed E-state index contributed by atoms with van der Waals surface area (Å²) in [6, 6.07) is 4.77. The van der Waals surface area contributed by atoms with Crippen molar-refractivity contribution in [2.45, 2.75) is 31.1 Å². The summed E-state index contributed by atoms with van der Waals surface area (Å²) in [6.07, 6.45) is 4.45. The zero-order chi connectivity index (χ0) is 18.0. The van der Waals surface area contributed by atoms with Gasteiger partial charge < -0.3 is 0 Å². The molecule has 1 amide bonds. The molecule has 0 bridgehead atoms.